The number of methoxy groups -OCH3 is 2. The molecule has 0 saturated heterocycles. The lowest BCUT2D eigenvalue weighted by Gasteiger charge is -1.93. The molecule has 0 bridgehead atoms. The van der Waals surface area contributed by atoms with E-state index in [1.165, 1.54) is 4.90 Å². The lowest BCUT2D eigenvalue weighted by Crippen LogP contribution is -2.06. The van der Waals surface area contributed by atoms with Gasteiger partial charge in [-0.3, -0.25) is 4.79 Å². The van der Waals surface area contributed by atoms with Gasteiger partial charge >= 0.3 is 0 Å². The minimum Gasteiger partial charge on any atom is -0.412 e. The number of nitrogens with zero attached hydrogens (tertiary/aromatic N) is 1. The first-order chi connectivity index (χ1) is 5.18. The van der Waals surface area contributed by atoms with Gasteiger partial charge in [0.15, 0.2) is 0 Å². The van der Waals surface area contributed by atoms with Crippen LogP contribution < -0.4 is 0 Å². The Kier molecular flexibility index (Phi) is 24.3. The second-order valence-corrected chi connectivity index (χ2v) is 2.05. The molecule has 0 saturated carbocycles. The van der Waals surface area contributed by atoms with Gasteiger partial charge in [-0.15, -0.1) is 0 Å². The van der Waals surface area contributed by atoms with E-state index in [4.69, 9.17) is 0 Å². The van der Waals surface area contributed by atoms with Gasteiger partial charge in [0.2, 0.25) is 6.41 Å². The molecule has 2 N–H and O–H groups in total. The van der Waals surface area contributed by atoms with Crippen LogP contribution in [0.2, 0.25) is 0 Å². The zero-order chi connectivity index (χ0) is 9.11. The summed E-state index contributed by atoms with van der Waals surface area (Å²) < 4.78 is 9.31. The zero-order valence-electron chi connectivity index (χ0n) is 8.16. The standard InChI is InChI=1S/C4H10O2.C3H7NO.H2O/c1-5-3-4-6-2;1-4(2)3-5;/h3-4H2,1-2H3;3H,1-2H3;1H2. The van der Waals surface area contributed by atoms with E-state index in [0.29, 0.717) is 13.2 Å². The zero-order valence-corrected chi connectivity index (χ0v) is 8.16. The van der Waals surface area contributed by atoms with Crippen molar-refractivity contribution >= 4 is 6.41 Å². The van der Waals surface area contributed by atoms with Crippen LogP contribution in [-0.2, 0) is 14.3 Å². The molecule has 0 aliphatic carbocycles. The maximum atomic E-state index is 9.43. The number of ether oxygens (including phenoxy) is 2. The highest BCUT2D eigenvalue weighted by atomic mass is 16.5. The van der Waals surface area contributed by atoms with E-state index in [9.17, 15) is 4.79 Å². The number of hydrogen-bond acceptors (Lipinski definition) is 3. The maximum absolute atomic E-state index is 9.43. The fraction of sp³-hybridized carbons (Fsp3) is 0.857. The number of rotatable bonds is 4. The van der Waals surface area contributed by atoms with E-state index in [-0.39, 0.29) is 5.48 Å². The lowest BCUT2D eigenvalue weighted by atomic mass is 10.8. The van der Waals surface area contributed by atoms with Crippen molar-refractivity contribution in [2.24, 2.45) is 0 Å². The molecule has 1 amide bonds. The minimum atomic E-state index is 0. The van der Waals surface area contributed by atoms with Crippen LogP contribution in [0.4, 0.5) is 0 Å². The first kappa shape index (κ1) is 17.4. The molecule has 5 nitrogen and oxygen atoms in total. The SMILES string of the molecule is CN(C)C=O.COCCOC.O. The highest BCUT2D eigenvalue weighted by Gasteiger charge is 1.73. The summed E-state index contributed by atoms with van der Waals surface area (Å²) in [7, 11) is 6.68. The van der Waals surface area contributed by atoms with Gasteiger partial charge in [0.25, 0.3) is 0 Å². The van der Waals surface area contributed by atoms with Crippen LogP contribution in [-0.4, -0.2) is 58.3 Å². The molecule has 0 aromatic heterocycles. The lowest BCUT2D eigenvalue weighted by molar-refractivity contribution is -0.115. The molecule has 0 aromatic carbocycles. The topological polar surface area (TPSA) is 70.3 Å². The van der Waals surface area contributed by atoms with E-state index in [2.05, 4.69) is 9.47 Å². The Balaban J connectivity index is -0.000000126. The van der Waals surface area contributed by atoms with Crippen LogP contribution >= 0.6 is 0 Å². The molecule has 0 atom stereocenters. The van der Waals surface area contributed by atoms with E-state index < -0.39 is 0 Å². The molecule has 0 spiro atoms. The smallest absolute Gasteiger partial charge is 0.209 e. The van der Waals surface area contributed by atoms with E-state index >= 15 is 0 Å². The molecule has 0 radical (unpaired) electrons. The van der Waals surface area contributed by atoms with Gasteiger partial charge in [0.1, 0.15) is 0 Å². The van der Waals surface area contributed by atoms with E-state index in [1.54, 1.807) is 28.3 Å². The van der Waals surface area contributed by atoms with E-state index in [1.807, 2.05) is 0 Å². The van der Waals surface area contributed by atoms with Crippen molar-refractivity contribution in [3.05, 3.63) is 0 Å². The van der Waals surface area contributed by atoms with Gasteiger partial charge in [0.05, 0.1) is 13.2 Å². The first-order valence-electron chi connectivity index (χ1n) is 3.28. The van der Waals surface area contributed by atoms with E-state index in [0.717, 1.165) is 6.41 Å². The predicted octanol–water partition coefficient (Wildman–Crippen LogP) is -0.841. The second-order valence-electron chi connectivity index (χ2n) is 2.05. The van der Waals surface area contributed by atoms with Gasteiger partial charge in [-0.2, -0.15) is 0 Å². The van der Waals surface area contributed by atoms with Gasteiger partial charge < -0.3 is 19.8 Å². The van der Waals surface area contributed by atoms with Crippen molar-refractivity contribution in [3.63, 3.8) is 0 Å². The Morgan fingerprint density at radius 2 is 1.42 bits per heavy atom. The maximum Gasteiger partial charge on any atom is 0.209 e. The summed E-state index contributed by atoms with van der Waals surface area (Å²) in [5.74, 6) is 0. The molecule has 5 heteroatoms. The summed E-state index contributed by atoms with van der Waals surface area (Å²) in [6, 6.07) is 0. The molecule has 0 aromatic rings. The van der Waals surface area contributed by atoms with Crippen molar-refractivity contribution in [1.82, 2.24) is 4.90 Å². The molecule has 0 heterocycles. The molecule has 12 heavy (non-hydrogen) atoms. The molecular formula is C7H19NO4. The molecular weight excluding hydrogens is 162 g/mol. The van der Waals surface area contributed by atoms with Crippen molar-refractivity contribution in [1.29, 1.82) is 0 Å². The third-order valence-electron chi connectivity index (χ3n) is 0.702. The van der Waals surface area contributed by atoms with Crippen molar-refractivity contribution in [3.8, 4) is 0 Å². The highest BCUT2D eigenvalue weighted by molar-refractivity contribution is 5.45. The molecule has 0 aliphatic rings. The summed E-state index contributed by atoms with van der Waals surface area (Å²) in [6.45, 7) is 1.38. The Hall–Kier alpha value is -0.650. The number of carbonyl (C=O) groups is 1. The largest absolute Gasteiger partial charge is 0.412 e. The Morgan fingerprint density at radius 1 is 1.17 bits per heavy atom. The van der Waals surface area contributed by atoms with Gasteiger partial charge in [0, 0.05) is 28.3 Å². The van der Waals surface area contributed by atoms with Crippen LogP contribution in [0.3, 0.4) is 0 Å². The molecule has 0 fully saturated rings. The molecule has 0 aliphatic heterocycles. The summed E-state index contributed by atoms with van der Waals surface area (Å²) in [5.41, 5.74) is 0. The van der Waals surface area contributed by atoms with Crippen LogP contribution in [0.25, 0.3) is 0 Å². The summed E-state index contributed by atoms with van der Waals surface area (Å²) in [6.07, 6.45) is 0.750. The number of carbonyl (C=O) groups excluding carboxylic acids is 1. The van der Waals surface area contributed by atoms with Gasteiger partial charge in [-0.25, -0.2) is 0 Å². The van der Waals surface area contributed by atoms with Crippen LogP contribution in [0, 0.1) is 0 Å². The van der Waals surface area contributed by atoms with Crippen LogP contribution in [0.5, 0.6) is 0 Å². The van der Waals surface area contributed by atoms with Crippen LogP contribution in [0.15, 0.2) is 0 Å². The highest BCUT2D eigenvalue weighted by Crippen LogP contribution is 1.65. The van der Waals surface area contributed by atoms with Gasteiger partial charge in [-0.1, -0.05) is 0 Å². The third kappa shape index (κ3) is 34.5. The Bertz CT molecular complexity index is 73.8. The molecule has 0 rings (SSSR count). The fourth-order valence-corrected chi connectivity index (χ4v) is 0.167. The van der Waals surface area contributed by atoms with Crippen molar-refractivity contribution < 1.29 is 19.7 Å². The number of amides is 1. The Morgan fingerprint density at radius 3 is 1.50 bits per heavy atom. The fourth-order valence-electron chi connectivity index (χ4n) is 0.167. The molecule has 0 unspecified atom stereocenters. The van der Waals surface area contributed by atoms with Crippen molar-refractivity contribution in [2.45, 2.75) is 0 Å². The second kappa shape index (κ2) is 16.7. The summed E-state index contributed by atoms with van der Waals surface area (Å²) in [5, 5.41) is 0. The third-order valence-corrected chi connectivity index (χ3v) is 0.702. The first-order valence-corrected chi connectivity index (χ1v) is 3.28. The predicted molar refractivity (Wildman–Crippen MR) is 47.1 cm³/mol. The van der Waals surface area contributed by atoms with Crippen LogP contribution in [0.1, 0.15) is 0 Å². The summed E-state index contributed by atoms with van der Waals surface area (Å²) >= 11 is 0. The summed E-state index contributed by atoms with van der Waals surface area (Å²) in [4.78, 5) is 10.9. The van der Waals surface area contributed by atoms with Gasteiger partial charge in [-0.05, 0) is 0 Å². The quantitative estimate of drug-likeness (QED) is 0.419. The average Bonchev–Trinajstić information content (AvgIpc) is 2.02. The Labute approximate surface area is 73.6 Å². The monoisotopic (exact) mass is 181 g/mol. The number of hydrogen-bond donors (Lipinski definition) is 0. The minimum absolute atomic E-state index is 0. The normalized spacial score (nSPS) is 7.33. The van der Waals surface area contributed by atoms with Crippen molar-refractivity contribution in [2.75, 3.05) is 41.5 Å². The average molecular weight is 181 g/mol. The molecule has 76 valence electrons.